The molecule has 1 heterocycles. The Morgan fingerprint density at radius 1 is 1.47 bits per heavy atom. The monoisotopic (exact) mass is 233 g/mol. The van der Waals surface area contributed by atoms with Crippen LogP contribution in [0, 0.1) is 0 Å². The molecular weight excluding hydrogens is 214 g/mol. The molecule has 4 N–H and O–H groups in total. The van der Waals surface area contributed by atoms with E-state index in [0.717, 1.165) is 18.5 Å². The van der Waals surface area contributed by atoms with Gasteiger partial charge >= 0.3 is 0 Å². The summed E-state index contributed by atoms with van der Waals surface area (Å²) in [7, 11) is 0. The molecular formula is C13H19N3O. The van der Waals surface area contributed by atoms with Gasteiger partial charge in [-0.3, -0.25) is 4.79 Å². The Hall–Kier alpha value is -1.39. The molecule has 1 aliphatic heterocycles. The van der Waals surface area contributed by atoms with Crippen LogP contribution in [0.25, 0.3) is 0 Å². The fraction of sp³-hybridized carbons (Fsp3) is 0.462. The predicted octanol–water partition coefficient (Wildman–Crippen LogP) is 0.338. The number of carbonyl (C=O) groups is 1. The molecule has 0 bridgehead atoms. The van der Waals surface area contributed by atoms with Gasteiger partial charge in [0.2, 0.25) is 5.91 Å². The molecule has 1 aromatic rings. The van der Waals surface area contributed by atoms with Crippen molar-refractivity contribution in [2.24, 2.45) is 5.73 Å². The van der Waals surface area contributed by atoms with Crippen molar-refractivity contribution in [1.82, 2.24) is 10.6 Å². The molecule has 1 unspecified atom stereocenters. The molecule has 4 nitrogen and oxygen atoms in total. The van der Waals surface area contributed by atoms with Gasteiger partial charge in [0.25, 0.3) is 0 Å². The molecule has 1 atom stereocenters. The molecule has 0 radical (unpaired) electrons. The molecule has 4 heteroatoms. The minimum atomic E-state index is -0.0716. The predicted molar refractivity (Wildman–Crippen MR) is 67.6 cm³/mol. The number of fused-ring (bicyclic) bond motifs is 1. The molecule has 1 amide bonds. The topological polar surface area (TPSA) is 67.1 Å². The van der Waals surface area contributed by atoms with E-state index in [2.05, 4.69) is 16.7 Å². The second-order valence-electron chi connectivity index (χ2n) is 4.32. The molecule has 0 aliphatic carbocycles. The lowest BCUT2D eigenvalue weighted by molar-refractivity contribution is -0.122. The largest absolute Gasteiger partial charge is 0.355 e. The third-order valence-electron chi connectivity index (χ3n) is 3.09. The van der Waals surface area contributed by atoms with Gasteiger partial charge < -0.3 is 16.4 Å². The zero-order valence-electron chi connectivity index (χ0n) is 9.91. The summed E-state index contributed by atoms with van der Waals surface area (Å²) in [6.45, 7) is 2.84. The highest BCUT2D eigenvalue weighted by molar-refractivity contribution is 5.84. The smallest absolute Gasteiger partial charge is 0.228 e. The minimum absolute atomic E-state index is 0.0716. The average molecular weight is 233 g/mol. The van der Waals surface area contributed by atoms with Crippen LogP contribution >= 0.6 is 0 Å². The number of benzene rings is 1. The van der Waals surface area contributed by atoms with Crippen LogP contribution in [0.3, 0.4) is 0 Å². The number of carbonyl (C=O) groups excluding carboxylic acids is 1. The minimum Gasteiger partial charge on any atom is -0.355 e. The van der Waals surface area contributed by atoms with E-state index >= 15 is 0 Å². The van der Waals surface area contributed by atoms with Crippen LogP contribution < -0.4 is 16.4 Å². The van der Waals surface area contributed by atoms with E-state index in [0.29, 0.717) is 19.6 Å². The van der Waals surface area contributed by atoms with E-state index in [1.54, 1.807) is 0 Å². The second kappa shape index (κ2) is 5.80. The molecule has 0 fully saturated rings. The van der Waals surface area contributed by atoms with Crippen molar-refractivity contribution < 1.29 is 4.79 Å². The number of amides is 1. The van der Waals surface area contributed by atoms with E-state index in [-0.39, 0.29) is 11.8 Å². The van der Waals surface area contributed by atoms with Gasteiger partial charge in [0.15, 0.2) is 0 Å². The van der Waals surface area contributed by atoms with E-state index in [9.17, 15) is 4.79 Å². The first-order valence-electron chi connectivity index (χ1n) is 6.09. The molecule has 17 heavy (non-hydrogen) atoms. The molecule has 0 spiro atoms. The second-order valence-corrected chi connectivity index (χ2v) is 4.32. The van der Waals surface area contributed by atoms with E-state index in [1.165, 1.54) is 5.56 Å². The molecule has 92 valence electrons. The summed E-state index contributed by atoms with van der Waals surface area (Å²) in [5, 5.41) is 6.21. The quantitative estimate of drug-likeness (QED) is 0.657. The van der Waals surface area contributed by atoms with Crippen molar-refractivity contribution in [3.05, 3.63) is 35.4 Å². The van der Waals surface area contributed by atoms with Gasteiger partial charge in [0, 0.05) is 19.6 Å². The Bertz CT molecular complexity index is 392. The van der Waals surface area contributed by atoms with Crippen molar-refractivity contribution >= 4 is 5.91 Å². The number of nitrogens with two attached hydrogens (primary N) is 1. The maximum atomic E-state index is 12.0. The van der Waals surface area contributed by atoms with Crippen molar-refractivity contribution in [2.75, 3.05) is 19.6 Å². The SMILES string of the molecule is NCCCNC(=O)C1CNCc2ccccc21. The summed E-state index contributed by atoms with van der Waals surface area (Å²) in [5.74, 6) is 0.0239. The molecule has 0 saturated heterocycles. The summed E-state index contributed by atoms with van der Waals surface area (Å²) >= 11 is 0. The lowest BCUT2D eigenvalue weighted by Gasteiger charge is -2.25. The number of hydrogen-bond donors (Lipinski definition) is 3. The summed E-state index contributed by atoms with van der Waals surface area (Å²) < 4.78 is 0. The Balaban J connectivity index is 2.05. The van der Waals surface area contributed by atoms with Crippen molar-refractivity contribution in [1.29, 1.82) is 0 Å². The zero-order valence-corrected chi connectivity index (χ0v) is 9.91. The highest BCUT2D eigenvalue weighted by atomic mass is 16.1. The van der Waals surface area contributed by atoms with Crippen LogP contribution in [0.4, 0.5) is 0 Å². The van der Waals surface area contributed by atoms with Crippen LogP contribution in [0.5, 0.6) is 0 Å². The van der Waals surface area contributed by atoms with Crippen molar-refractivity contribution in [2.45, 2.75) is 18.9 Å². The van der Waals surface area contributed by atoms with Crippen LogP contribution in [0.2, 0.25) is 0 Å². The first-order valence-corrected chi connectivity index (χ1v) is 6.09. The van der Waals surface area contributed by atoms with Crippen LogP contribution in [-0.2, 0) is 11.3 Å². The third-order valence-corrected chi connectivity index (χ3v) is 3.09. The Morgan fingerprint density at radius 2 is 2.29 bits per heavy atom. The summed E-state index contributed by atoms with van der Waals surface area (Å²) in [6.07, 6.45) is 0.827. The lowest BCUT2D eigenvalue weighted by atomic mass is 9.90. The van der Waals surface area contributed by atoms with E-state index in [1.807, 2.05) is 18.2 Å². The van der Waals surface area contributed by atoms with Gasteiger partial charge in [0.05, 0.1) is 5.92 Å². The average Bonchev–Trinajstić information content (AvgIpc) is 2.38. The number of hydrogen-bond acceptors (Lipinski definition) is 3. The molecule has 1 aliphatic rings. The van der Waals surface area contributed by atoms with Gasteiger partial charge in [-0.05, 0) is 24.1 Å². The maximum absolute atomic E-state index is 12.0. The molecule has 0 saturated carbocycles. The maximum Gasteiger partial charge on any atom is 0.228 e. The number of nitrogens with one attached hydrogen (secondary N) is 2. The molecule has 1 aromatic carbocycles. The van der Waals surface area contributed by atoms with Gasteiger partial charge in [-0.2, -0.15) is 0 Å². The van der Waals surface area contributed by atoms with Crippen LogP contribution in [-0.4, -0.2) is 25.5 Å². The molecule has 0 aromatic heterocycles. The highest BCUT2D eigenvalue weighted by Gasteiger charge is 2.25. The van der Waals surface area contributed by atoms with Crippen LogP contribution in [0.1, 0.15) is 23.5 Å². The highest BCUT2D eigenvalue weighted by Crippen LogP contribution is 2.23. The first-order chi connectivity index (χ1) is 8.33. The van der Waals surface area contributed by atoms with Crippen molar-refractivity contribution in [3.8, 4) is 0 Å². The Labute approximate surface area is 102 Å². The Kier molecular flexibility index (Phi) is 4.12. The van der Waals surface area contributed by atoms with Gasteiger partial charge in [-0.15, -0.1) is 0 Å². The summed E-state index contributed by atoms with van der Waals surface area (Å²) in [6, 6.07) is 8.12. The van der Waals surface area contributed by atoms with Gasteiger partial charge in [0.1, 0.15) is 0 Å². The zero-order chi connectivity index (χ0) is 12.1. The fourth-order valence-corrected chi connectivity index (χ4v) is 2.17. The first kappa shape index (κ1) is 12.1. The fourth-order valence-electron chi connectivity index (χ4n) is 2.17. The van der Waals surface area contributed by atoms with E-state index < -0.39 is 0 Å². The van der Waals surface area contributed by atoms with Gasteiger partial charge in [-0.1, -0.05) is 24.3 Å². The van der Waals surface area contributed by atoms with Gasteiger partial charge in [-0.25, -0.2) is 0 Å². The Morgan fingerprint density at radius 3 is 3.12 bits per heavy atom. The van der Waals surface area contributed by atoms with E-state index in [4.69, 9.17) is 5.73 Å². The molecule has 2 rings (SSSR count). The standard InChI is InChI=1S/C13H19N3O/c14-6-3-7-16-13(17)12-9-15-8-10-4-1-2-5-11(10)12/h1-2,4-5,12,15H,3,6-9,14H2,(H,16,17). The summed E-state index contributed by atoms with van der Waals surface area (Å²) in [4.78, 5) is 12.0. The lowest BCUT2D eigenvalue weighted by Crippen LogP contribution is -2.39. The normalized spacial score (nSPS) is 18.5. The summed E-state index contributed by atoms with van der Waals surface area (Å²) in [5.41, 5.74) is 7.78. The van der Waals surface area contributed by atoms with Crippen LogP contribution in [0.15, 0.2) is 24.3 Å². The number of rotatable bonds is 4. The third kappa shape index (κ3) is 2.84. The van der Waals surface area contributed by atoms with Crippen molar-refractivity contribution in [3.63, 3.8) is 0 Å².